The minimum absolute atomic E-state index is 0.772. The third-order valence-electron chi connectivity index (χ3n) is 4.52. The topological polar surface area (TPSA) is 0 Å². The third-order valence-corrected chi connectivity index (χ3v) is 4.52. The largest absolute Gasteiger partial charge is 0.0683 e. The molecule has 176 valence electrons. The van der Waals surface area contributed by atoms with Crippen LogP contribution in [0, 0.1) is 13.8 Å². The first-order valence-electron chi connectivity index (χ1n) is 13.0. The molecule has 0 heterocycles. The van der Waals surface area contributed by atoms with E-state index >= 15 is 0 Å². The zero-order valence-electron chi connectivity index (χ0n) is 23.3. The van der Waals surface area contributed by atoms with Gasteiger partial charge >= 0.3 is 0 Å². The van der Waals surface area contributed by atoms with Gasteiger partial charge in [-0.2, -0.15) is 0 Å². The molecular weight excluding hydrogens is 348 g/mol. The SMILES string of the molecule is CC.CC.CCC.CCC.CCCC(CCC)c1cc(C)c(CC)c(C)c1CC. The molecule has 29 heavy (non-hydrogen) atoms. The van der Waals surface area contributed by atoms with Gasteiger partial charge in [0.2, 0.25) is 0 Å². The standard InChI is InChI=1S/C19H32.2C3H8.2C2H6/c1-7-11-16(12-8-2)19-13-14(5)17(9-3)15(6)18(19)10-4;2*1-3-2;2*1-2/h13,16H,7-12H2,1-6H3;2*3H2,1-2H3;2*1-2H3. The van der Waals surface area contributed by atoms with Gasteiger partial charge in [-0.05, 0) is 73.3 Å². The maximum atomic E-state index is 2.50. The summed E-state index contributed by atoms with van der Waals surface area (Å²) in [5.74, 6) is 0.772. The molecule has 0 radical (unpaired) electrons. The molecule has 0 spiro atoms. The van der Waals surface area contributed by atoms with Gasteiger partial charge in [-0.25, -0.2) is 0 Å². The van der Waals surface area contributed by atoms with E-state index < -0.39 is 0 Å². The van der Waals surface area contributed by atoms with E-state index in [9.17, 15) is 0 Å². The molecule has 1 aromatic carbocycles. The van der Waals surface area contributed by atoms with Crippen LogP contribution in [0.1, 0.15) is 155 Å². The van der Waals surface area contributed by atoms with E-state index in [1.807, 2.05) is 27.7 Å². The Morgan fingerprint density at radius 1 is 0.621 bits per heavy atom. The molecule has 0 atom stereocenters. The van der Waals surface area contributed by atoms with Crippen LogP contribution in [-0.4, -0.2) is 0 Å². The average Bonchev–Trinajstić information content (AvgIpc) is 2.72. The van der Waals surface area contributed by atoms with Crippen LogP contribution in [0.4, 0.5) is 0 Å². The molecule has 1 rings (SSSR count). The van der Waals surface area contributed by atoms with Gasteiger partial charge in [-0.3, -0.25) is 0 Å². The fourth-order valence-electron chi connectivity index (χ4n) is 3.63. The summed E-state index contributed by atoms with van der Waals surface area (Å²) in [7, 11) is 0. The van der Waals surface area contributed by atoms with Gasteiger partial charge in [-0.1, -0.05) is 115 Å². The van der Waals surface area contributed by atoms with Crippen LogP contribution in [0.2, 0.25) is 0 Å². The van der Waals surface area contributed by atoms with Crippen LogP contribution in [0.15, 0.2) is 6.07 Å². The lowest BCUT2D eigenvalue weighted by Crippen LogP contribution is -2.08. The molecule has 0 aliphatic heterocycles. The van der Waals surface area contributed by atoms with E-state index in [4.69, 9.17) is 0 Å². The summed E-state index contributed by atoms with van der Waals surface area (Å²) in [5, 5.41) is 0. The van der Waals surface area contributed by atoms with E-state index in [0.717, 1.165) is 12.3 Å². The van der Waals surface area contributed by atoms with Crippen LogP contribution in [0.3, 0.4) is 0 Å². The molecule has 0 N–H and O–H groups in total. The van der Waals surface area contributed by atoms with Crippen molar-refractivity contribution in [3.8, 4) is 0 Å². The number of rotatable bonds is 7. The first kappa shape index (κ1) is 35.6. The third kappa shape index (κ3) is 15.7. The summed E-state index contributed by atoms with van der Waals surface area (Å²) in [6.45, 7) is 30.4. The van der Waals surface area contributed by atoms with E-state index in [1.165, 1.54) is 50.5 Å². The van der Waals surface area contributed by atoms with Crippen molar-refractivity contribution in [3.05, 3.63) is 33.9 Å². The van der Waals surface area contributed by atoms with Crippen LogP contribution in [0.5, 0.6) is 0 Å². The Balaban J connectivity index is -0.000000266. The highest BCUT2D eigenvalue weighted by Crippen LogP contribution is 2.34. The molecule has 0 aromatic heterocycles. The lowest BCUT2D eigenvalue weighted by atomic mass is 9.81. The normalized spacial score (nSPS) is 9.07. The highest BCUT2D eigenvalue weighted by Gasteiger charge is 2.17. The van der Waals surface area contributed by atoms with Gasteiger partial charge in [0, 0.05) is 0 Å². The van der Waals surface area contributed by atoms with Crippen LogP contribution in [-0.2, 0) is 12.8 Å². The van der Waals surface area contributed by atoms with Crippen molar-refractivity contribution in [2.75, 3.05) is 0 Å². The summed E-state index contributed by atoms with van der Waals surface area (Å²) in [4.78, 5) is 0. The summed E-state index contributed by atoms with van der Waals surface area (Å²) in [5.41, 5.74) is 7.93. The number of hydrogen-bond acceptors (Lipinski definition) is 0. The minimum atomic E-state index is 0.772. The maximum absolute atomic E-state index is 2.50. The number of aryl methyl sites for hydroxylation is 1. The first-order valence-corrected chi connectivity index (χ1v) is 13.0. The summed E-state index contributed by atoms with van der Waals surface area (Å²) >= 11 is 0. The fourth-order valence-corrected chi connectivity index (χ4v) is 3.63. The predicted octanol–water partition coefficient (Wildman–Crippen LogP) is 11.0. The van der Waals surface area contributed by atoms with E-state index in [-0.39, 0.29) is 0 Å². The molecule has 0 aliphatic rings. The van der Waals surface area contributed by atoms with Crippen molar-refractivity contribution >= 4 is 0 Å². The highest BCUT2D eigenvalue weighted by molar-refractivity contribution is 5.46. The molecule has 0 saturated carbocycles. The van der Waals surface area contributed by atoms with Gasteiger partial charge in [0.05, 0.1) is 0 Å². The molecule has 0 nitrogen and oxygen atoms in total. The van der Waals surface area contributed by atoms with Crippen molar-refractivity contribution in [2.45, 2.75) is 154 Å². The van der Waals surface area contributed by atoms with E-state index in [2.05, 4.69) is 75.3 Å². The second-order valence-corrected chi connectivity index (χ2v) is 7.26. The zero-order chi connectivity index (χ0) is 23.8. The smallest absolute Gasteiger partial charge is 0.0159 e. The van der Waals surface area contributed by atoms with E-state index in [0.29, 0.717) is 0 Å². The second kappa shape index (κ2) is 27.2. The second-order valence-electron chi connectivity index (χ2n) is 7.26. The van der Waals surface area contributed by atoms with Crippen molar-refractivity contribution in [1.82, 2.24) is 0 Å². The van der Waals surface area contributed by atoms with E-state index in [1.54, 1.807) is 22.3 Å². The van der Waals surface area contributed by atoms with Crippen LogP contribution in [0.25, 0.3) is 0 Å². The van der Waals surface area contributed by atoms with Gasteiger partial charge < -0.3 is 0 Å². The van der Waals surface area contributed by atoms with Crippen molar-refractivity contribution in [3.63, 3.8) is 0 Å². The lowest BCUT2D eigenvalue weighted by Gasteiger charge is -2.24. The molecule has 0 aliphatic carbocycles. The van der Waals surface area contributed by atoms with Gasteiger partial charge in [0.25, 0.3) is 0 Å². The van der Waals surface area contributed by atoms with Crippen LogP contribution >= 0.6 is 0 Å². The summed E-state index contributed by atoms with van der Waals surface area (Å²) in [6, 6.07) is 2.50. The average molecular weight is 409 g/mol. The number of benzene rings is 1. The molecule has 0 unspecified atom stereocenters. The maximum Gasteiger partial charge on any atom is -0.0159 e. The summed E-state index contributed by atoms with van der Waals surface area (Å²) in [6.07, 6.45) is 10.1. The minimum Gasteiger partial charge on any atom is -0.0683 e. The fraction of sp³-hybridized carbons (Fsp3) is 0.793. The molecule has 0 bridgehead atoms. The van der Waals surface area contributed by atoms with Crippen LogP contribution < -0.4 is 0 Å². The lowest BCUT2D eigenvalue weighted by molar-refractivity contribution is 0.556. The Labute approximate surface area is 188 Å². The molecule has 0 amide bonds. The Morgan fingerprint density at radius 2 is 0.966 bits per heavy atom. The molecule has 1 aromatic rings. The molecule has 0 heteroatoms. The van der Waals surface area contributed by atoms with Crippen molar-refractivity contribution < 1.29 is 0 Å². The Kier molecular flexibility index (Phi) is 33.5. The van der Waals surface area contributed by atoms with Crippen molar-refractivity contribution in [1.29, 1.82) is 0 Å². The quantitative estimate of drug-likeness (QED) is 0.420. The summed E-state index contributed by atoms with van der Waals surface area (Å²) < 4.78 is 0. The Bertz CT molecular complexity index is 420. The Hall–Kier alpha value is -0.780. The number of hydrogen-bond donors (Lipinski definition) is 0. The molecule has 0 fully saturated rings. The van der Waals surface area contributed by atoms with Gasteiger partial charge in [0.1, 0.15) is 0 Å². The van der Waals surface area contributed by atoms with Gasteiger partial charge in [-0.15, -0.1) is 0 Å². The first-order chi connectivity index (χ1) is 13.9. The predicted molar refractivity (Wildman–Crippen MR) is 142 cm³/mol. The zero-order valence-corrected chi connectivity index (χ0v) is 23.3. The van der Waals surface area contributed by atoms with Gasteiger partial charge in [0.15, 0.2) is 0 Å². The Morgan fingerprint density at radius 3 is 1.24 bits per heavy atom. The monoisotopic (exact) mass is 408 g/mol. The molecule has 0 saturated heterocycles. The van der Waals surface area contributed by atoms with Crippen molar-refractivity contribution in [2.24, 2.45) is 0 Å². The molecular formula is C29H60. The highest BCUT2D eigenvalue weighted by atomic mass is 14.2.